The van der Waals surface area contributed by atoms with Gasteiger partial charge < -0.3 is 9.84 Å². The van der Waals surface area contributed by atoms with E-state index in [1.807, 2.05) is 0 Å². The van der Waals surface area contributed by atoms with E-state index < -0.39 is 17.7 Å². The lowest BCUT2D eigenvalue weighted by molar-refractivity contribution is 0.171. The fourth-order valence-electron chi connectivity index (χ4n) is 2.00. The van der Waals surface area contributed by atoms with Crippen molar-refractivity contribution >= 4 is 15.9 Å². The van der Waals surface area contributed by atoms with Gasteiger partial charge in [0.25, 0.3) is 0 Å². The second kappa shape index (κ2) is 6.33. The minimum absolute atomic E-state index is 0.0629. The zero-order valence-corrected chi connectivity index (χ0v) is 12.3. The summed E-state index contributed by atoms with van der Waals surface area (Å²) in [6.45, 7) is 0. The molecule has 2 aromatic rings. The van der Waals surface area contributed by atoms with Gasteiger partial charge in [-0.25, -0.2) is 8.78 Å². The molecule has 0 amide bonds. The van der Waals surface area contributed by atoms with Crippen LogP contribution in [-0.2, 0) is 6.42 Å². The first-order chi connectivity index (χ1) is 9.52. The number of methoxy groups -OCH3 is 1. The maximum absolute atomic E-state index is 13.6. The molecule has 0 heterocycles. The predicted molar refractivity (Wildman–Crippen MR) is 75.7 cm³/mol. The van der Waals surface area contributed by atoms with Crippen LogP contribution in [0.15, 0.2) is 40.9 Å². The van der Waals surface area contributed by atoms with E-state index in [0.29, 0.717) is 11.3 Å². The number of rotatable bonds is 4. The molecule has 1 atom stereocenters. The highest BCUT2D eigenvalue weighted by molar-refractivity contribution is 9.10. The highest BCUT2D eigenvalue weighted by Gasteiger charge is 2.18. The third kappa shape index (κ3) is 3.16. The molecular weight excluding hydrogens is 330 g/mol. The molecule has 0 radical (unpaired) electrons. The monoisotopic (exact) mass is 342 g/mol. The van der Waals surface area contributed by atoms with Crippen LogP contribution in [-0.4, -0.2) is 12.2 Å². The molecule has 0 spiro atoms. The van der Waals surface area contributed by atoms with Crippen LogP contribution in [0.3, 0.4) is 0 Å². The lowest BCUT2D eigenvalue weighted by Gasteiger charge is -2.15. The molecule has 2 aromatic carbocycles. The molecule has 2 rings (SSSR count). The van der Waals surface area contributed by atoms with Crippen molar-refractivity contribution in [2.24, 2.45) is 0 Å². The number of benzene rings is 2. The van der Waals surface area contributed by atoms with E-state index in [1.54, 1.807) is 18.2 Å². The summed E-state index contributed by atoms with van der Waals surface area (Å²) >= 11 is 3.33. The quantitative estimate of drug-likeness (QED) is 0.909. The Morgan fingerprint density at radius 1 is 1.25 bits per heavy atom. The molecule has 1 unspecified atom stereocenters. The van der Waals surface area contributed by atoms with Crippen molar-refractivity contribution in [3.8, 4) is 5.75 Å². The standard InChI is InChI=1S/C15H13BrF2O2/c1-20-14-6-5-10(16)7-9(14)8-13(19)11-3-2-4-12(17)15(11)18/h2-7,13,19H,8H2,1H3. The molecule has 0 bridgehead atoms. The number of aliphatic hydroxyl groups excluding tert-OH is 1. The first-order valence-corrected chi connectivity index (χ1v) is 6.76. The van der Waals surface area contributed by atoms with Crippen molar-refractivity contribution in [1.29, 1.82) is 0 Å². The van der Waals surface area contributed by atoms with E-state index in [-0.39, 0.29) is 12.0 Å². The smallest absolute Gasteiger partial charge is 0.164 e. The predicted octanol–water partition coefficient (Wildman–Crippen LogP) is 4.01. The van der Waals surface area contributed by atoms with Gasteiger partial charge in [-0.15, -0.1) is 0 Å². The Morgan fingerprint density at radius 2 is 2.00 bits per heavy atom. The van der Waals surface area contributed by atoms with Crippen molar-refractivity contribution in [2.75, 3.05) is 7.11 Å². The normalized spacial score (nSPS) is 12.2. The van der Waals surface area contributed by atoms with Gasteiger partial charge in [0.2, 0.25) is 0 Å². The van der Waals surface area contributed by atoms with Gasteiger partial charge in [-0.1, -0.05) is 28.1 Å². The number of ether oxygens (including phenoxy) is 1. The molecule has 0 saturated carbocycles. The zero-order valence-electron chi connectivity index (χ0n) is 10.7. The molecule has 0 aromatic heterocycles. The molecule has 0 saturated heterocycles. The summed E-state index contributed by atoms with van der Waals surface area (Å²) in [4.78, 5) is 0. The highest BCUT2D eigenvalue weighted by Crippen LogP contribution is 2.29. The van der Waals surface area contributed by atoms with E-state index >= 15 is 0 Å². The topological polar surface area (TPSA) is 29.5 Å². The number of halogens is 3. The average molecular weight is 343 g/mol. The zero-order chi connectivity index (χ0) is 14.7. The van der Waals surface area contributed by atoms with Gasteiger partial charge in [-0.05, 0) is 29.8 Å². The van der Waals surface area contributed by atoms with Crippen molar-refractivity contribution in [3.05, 3.63) is 63.6 Å². The number of hydrogen-bond donors (Lipinski definition) is 1. The van der Waals surface area contributed by atoms with Crippen LogP contribution < -0.4 is 4.74 Å². The van der Waals surface area contributed by atoms with Gasteiger partial charge in [0.05, 0.1) is 13.2 Å². The van der Waals surface area contributed by atoms with Crippen LogP contribution in [0.4, 0.5) is 8.78 Å². The molecule has 5 heteroatoms. The van der Waals surface area contributed by atoms with Crippen molar-refractivity contribution < 1.29 is 18.6 Å². The van der Waals surface area contributed by atoms with E-state index in [9.17, 15) is 13.9 Å². The largest absolute Gasteiger partial charge is 0.496 e. The van der Waals surface area contributed by atoms with Gasteiger partial charge in [0.1, 0.15) is 5.75 Å². The van der Waals surface area contributed by atoms with Crippen molar-refractivity contribution in [2.45, 2.75) is 12.5 Å². The van der Waals surface area contributed by atoms with E-state index in [0.717, 1.165) is 10.5 Å². The van der Waals surface area contributed by atoms with Crippen LogP contribution in [0.1, 0.15) is 17.2 Å². The first kappa shape index (κ1) is 14.9. The third-order valence-corrected chi connectivity index (χ3v) is 3.49. The Balaban J connectivity index is 2.30. The lowest BCUT2D eigenvalue weighted by Crippen LogP contribution is -2.07. The maximum atomic E-state index is 13.6. The number of hydrogen-bond acceptors (Lipinski definition) is 2. The van der Waals surface area contributed by atoms with Gasteiger partial charge >= 0.3 is 0 Å². The minimum atomic E-state index is -1.14. The minimum Gasteiger partial charge on any atom is -0.496 e. The van der Waals surface area contributed by atoms with Gasteiger partial charge in [0.15, 0.2) is 11.6 Å². The molecule has 0 fully saturated rings. The molecular formula is C15H13BrF2O2. The Hall–Kier alpha value is -1.46. The molecule has 106 valence electrons. The third-order valence-electron chi connectivity index (χ3n) is 3.00. The second-order valence-electron chi connectivity index (χ2n) is 4.32. The van der Waals surface area contributed by atoms with Crippen molar-refractivity contribution in [3.63, 3.8) is 0 Å². The summed E-state index contributed by atoms with van der Waals surface area (Å²) in [7, 11) is 1.52. The fraction of sp³-hybridized carbons (Fsp3) is 0.200. The molecule has 2 nitrogen and oxygen atoms in total. The van der Waals surface area contributed by atoms with Crippen LogP contribution in [0.25, 0.3) is 0 Å². The summed E-state index contributed by atoms with van der Waals surface area (Å²) in [5, 5.41) is 10.1. The van der Waals surface area contributed by atoms with Crippen LogP contribution in [0.5, 0.6) is 5.75 Å². The second-order valence-corrected chi connectivity index (χ2v) is 5.23. The van der Waals surface area contributed by atoms with Crippen LogP contribution in [0.2, 0.25) is 0 Å². The van der Waals surface area contributed by atoms with Gasteiger partial charge in [0, 0.05) is 16.5 Å². The Kier molecular flexibility index (Phi) is 4.73. The molecule has 0 aliphatic rings. The fourth-order valence-corrected chi connectivity index (χ4v) is 2.41. The average Bonchev–Trinajstić information content (AvgIpc) is 2.42. The molecule has 0 aliphatic carbocycles. The van der Waals surface area contributed by atoms with E-state index in [4.69, 9.17) is 4.74 Å². The van der Waals surface area contributed by atoms with Gasteiger partial charge in [-0.2, -0.15) is 0 Å². The summed E-state index contributed by atoms with van der Waals surface area (Å²) in [6.07, 6.45) is -1.02. The number of aliphatic hydroxyl groups is 1. The Labute approximate surface area is 124 Å². The SMILES string of the molecule is COc1ccc(Br)cc1CC(O)c1cccc(F)c1F. The highest BCUT2D eigenvalue weighted by atomic mass is 79.9. The summed E-state index contributed by atoms with van der Waals surface area (Å²) in [5.41, 5.74) is 0.644. The molecule has 1 N–H and O–H groups in total. The van der Waals surface area contributed by atoms with Crippen LogP contribution >= 0.6 is 15.9 Å². The van der Waals surface area contributed by atoms with Crippen molar-refractivity contribution in [1.82, 2.24) is 0 Å². The summed E-state index contributed by atoms with van der Waals surface area (Å²) in [6, 6.07) is 9.08. The van der Waals surface area contributed by atoms with Gasteiger partial charge in [-0.3, -0.25) is 0 Å². The summed E-state index contributed by atoms with van der Waals surface area (Å²) in [5.74, 6) is -1.40. The summed E-state index contributed by atoms with van der Waals surface area (Å²) < 4.78 is 32.8. The lowest BCUT2D eigenvalue weighted by atomic mass is 10.00. The molecule has 20 heavy (non-hydrogen) atoms. The Bertz CT molecular complexity index is 617. The first-order valence-electron chi connectivity index (χ1n) is 5.97. The molecule has 0 aliphatic heterocycles. The maximum Gasteiger partial charge on any atom is 0.164 e. The van der Waals surface area contributed by atoms with E-state index in [1.165, 1.54) is 19.2 Å². The Morgan fingerprint density at radius 3 is 2.70 bits per heavy atom. The van der Waals surface area contributed by atoms with E-state index in [2.05, 4.69) is 15.9 Å². The van der Waals surface area contributed by atoms with Crippen LogP contribution in [0, 0.1) is 11.6 Å².